The number of aliphatic hydroxyl groups is 1. The molecule has 0 saturated carbocycles. The zero-order chi connectivity index (χ0) is 12.9. The molecule has 0 amide bonds. The normalized spacial score (nSPS) is 11.6. The summed E-state index contributed by atoms with van der Waals surface area (Å²) in [5.41, 5.74) is 1.40. The molecule has 0 fully saturated rings. The summed E-state index contributed by atoms with van der Waals surface area (Å²) >= 11 is 0. The van der Waals surface area contributed by atoms with E-state index in [1.807, 2.05) is 6.20 Å². The minimum absolute atomic E-state index is 0.147. The molecule has 1 heterocycles. The number of anilines is 1. The van der Waals surface area contributed by atoms with E-state index in [4.69, 9.17) is 5.11 Å². The third-order valence-electron chi connectivity index (χ3n) is 2.91. The molecule has 0 aliphatic heterocycles. The lowest BCUT2D eigenvalue weighted by atomic mass is 9.88. The average molecular weight is 236 g/mol. The van der Waals surface area contributed by atoms with Gasteiger partial charge in [-0.25, -0.2) is 4.98 Å². The van der Waals surface area contributed by atoms with Crippen molar-refractivity contribution >= 4 is 5.82 Å². The van der Waals surface area contributed by atoms with Crippen LogP contribution in [0.4, 0.5) is 5.82 Å². The molecule has 1 N–H and O–H groups in total. The van der Waals surface area contributed by atoms with Crippen LogP contribution in [0.1, 0.15) is 39.7 Å². The predicted octanol–water partition coefficient (Wildman–Crippen LogP) is 2.59. The van der Waals surface area contributed by atoms with E-state index >= 15 is 0 Å². The van der Waals surface area contributed by atoms with Gasteiger partial charge in [-0.05, 0) is 30.4 Å². The third-order valence-corrected chi connectivity index (χ3v) is 2.91. The fourth-order valence-corrected chi connectivity index (χ4v) is 1.71. The van der Waals surface area contributed by atoms with E-state index in [1.165, 1.54) is 5.56 Å². The molecule has 3 heteroatoms. The maximum atomic E-state index is 8.86. The highest BCUT2D eigenvalue weighted by atomic mass is 16.3. The Morgan fingerprint density at radius 3 is 2.41 bits per heavy atom. The number of aliphatic hydroxyl groups excluding tert-OH is 1. The van der Waals surface area contributed by atoms with Gasteiger partial charge in [0.2, 0.25) is 0 Å². The Balaban J connectivity index is 2.78. The predicted molar refractivity (Wildman–Crippen MR) is 72.5 cm³/mol. The minimum Gasteiger partial charge on any atom is -0.396 e. The zero-order valence-corrected chi connectivity index (χ0v) is 11.4. The van der Waals surface area contributed by atoms with Crippen molar-refractivity contribution in [2.75, 3.05) is 24.6 Å². The molecule has 1 rings (SSSR count). The van der Waals surface area contributed by atoms with Crippen molar-refractivity contribution < 1.29 is 5.11 Å². The van der Waals surface area contributed by atoms with Crippen LogP contribution in [-0.4, -0.2) is 29.8 Å². The second-order valence-corrected chi connectivity index (χ2v) is 5.31. The number of pyridine rings is 1. The van der Waals surface area contributed by atoms with Crippen LogP contribution in [0.15, 0.2) is 18.3 Å². The highest BCUT2D eigenvalue weighted by Gasteiger charge is 2.14. The first-order valence-electron chi connectivity index (χ1n) is 6.31. The van der Waals surface area contributed by atoms with Gasteiger partial charge in [0.05, 0.1) is 0 Å². The molecule has 1 aromatic heterocycles. The van der Waals surface area contributed by atoms with Crippen LogP contribution in [-0.2, 0) is 5.41 Å². The molecule has 17 heavy (non-hydrogen) atoms. The van der Waals surface area contributed by atoms with Crippen LogP contribution in [0.3, 0.4) is 0 Å². The summed E-state index contributed by atoms with van der Waals surface area (Å²) < 4.78 is 0. The summed E-state index contributed by atoms with van der Waals surface area (Å²) in [6.07, 6.45) is 2.74. The molecule has 0 bridgehead atoms. The van der Waals surface area contributed by atoms with Gasteiger partial charge < -0.3 is 10.0 Å². The van der Waals surface area contributed by atoms with Crippen LogP contribution in [0.5, 0.6) is 0 Å². The first kappa shape index (κ1) is 14.0. The van der Waals surface area contributed by atoms with E-state index in [0.29, 0.717) is 0 Å². The van der Waals surface area contributed by atoms with Gasteiger partial charge in [-0.2, -0.15) is 0 Å². The molecule has 3 nitrogen and oxygen atoms in total. The quantitative estimate of drug-likeness (QED) is 0.853. The second kappa shape index (κ2) is 6.01. The van der Waals surface area contributed by atoms with E-state index in [0.717, 1.165) is 25.3 Å². The maximum Gasteiger partial charge on any atom is 0.128 e. The van der Waals surface area contributed by atoms with E-state index < -0.39 is 0 Å². The lowest BCUT2D eigenvalue weighted by Gasteiger charge is -2.23. The number of nitrogens with zero attached hydrogens (tertiary/aromatic N) is 2. The fraction of sp³-hybridized carbons (Fsp3) is 0.643. The smallest absolute Gasteiger partial charge is 0.128 e. The summed E-state index contributed by atoms with van der Waals surface area (Å²) in [7, 11) is 0. The Labute approximate surface area is 104 Å². The molecular weight excluding hydrogens is 212 g/mol. The number of rotatable bonds is 5. The van der Waals surface area contributed by atoms with Gasteiger partial charge in [0.25, 0.3) is 0 Å². The van der Waals surface area contributed by atoms with Gasteiger partial charge in [0.1, 0.15) is 5.82 Å². The van der Waals surface area contributed by atoms with Gasteiger partial charge in [0.15, 0.2) is 0 Å². The summed E-state index contributed by atoms with van der Waals surface area (Å²) in [5, 5.41) is 8.86. The van der Waals surface area contributed by atoms with Crippen molar-refractivity contribution in [3.63, 3.8) is 0 Å². The van der Waals surface area contributed by atoms with Crippen molar-refractivity contribution in [3.05, 3.63) is 23.9 Å². The standard InChI is InChI=1S/C14H24N2O/c1-5-16(9-6-10-17)13-8-7-12(11-15-13)14(2,3)4/h7-8,11,17H,5-6,9-10H2,1-4H3. The van der Waals surface area contributed by atoms with Crippen LogP contribution >= 0.6 is 0 Å². The van der Waals surface area contributed by atoms with Crippen LogP contribution < -0.4 is 4.90 Å². The minimum atomic E-state index is 0.147. The molecule has 0 aliphatic rings. The molecule has 0 saturated heterocycles. The van der Waals surface area contributed by atoms with E-state index in [2.05, 4.69) is 49.7 Å². The Bertz CT molecular complexity index is 327. The zero-order valence-electron chi connectivity index (χ0n) is 11.4. The Morgan fingerprint density at radius 2 is 2.00 bits per heavy atom. The lowest BCUT2D eigenvalue weighted by Crippen LogP contribution is -2.25. The molecule has 1 aromatic rings. The van der Waals surface area contributed by atoms with Crippen LogP contribution in [0.2, 0.25) is 0 Å². The molecule has 0 spiro atoms. The van der Waals surface area contributed by atoms with Crippen molar-refractivity contribution in [1.29, 1.82) is 0 Å². The highest BCUT2D eigenvalue weighted by molar-refractivity contribution is 5.40. The molecule has 0 aromatic carbocycles. The van der Waals surface area contributed by atoms with Crippen LogP contribution in [0.25, 0.3) is 0 Å². The third kappa shape index (κ3) is 4.00. The summed E-state index contributed by atoms with van der Waals surface area (Å²) in [6, 6.07) is 4.21. The summed E-state index contributed by atoms with van der Waals surface area (Å²) in [4.78, 5) is 6.70. The number of hydrogen-bond acceptors (Lipinski definition) is 3. The van der Waals surface area contributed by atoms with E-state index in [9.17, 15) is 0 Å². The Kier molecular flexibility index (Phi) is 4.94. The average Bonchev–Trinajstić information content (AvgIpc) is 2.29. The summed E-state index contributed by atoms with van der Waals surface area (Å²) in [5.74, 6) is 0.994. The largest absolute Gasteiger partial charge is 0.396 e. The Morgan fingerprint density at radius 1 is 1.29 bits per heavy atom. The van der Waals surface area contributed by atoms with Gasteiger partial charge >= 0.3 is 0 Å². The van der Waals surface area contributed by atoms with Crippen molar-refractivity contribution in [2.24, 2.45) is 0 Å². The Hall–Kier alpha value is -1.09. The van der Waals surface area contributed by atoms with Gasteiger partial charge in [-0.15, -0.1) is 0 Å². The van der Waals surface area contributed by atoms with E-state index in [1.54, 1.807) is 0 Å². The summed E-state index contributed by atoms with van der Waals surface area (Å²) in [6.45, 7) is 10.7. The van der Waals surface area contributed by atoms with Crippen molar-refractivity contribution in [3.8, 4) is 0 Å². The first-order chi connectivity index (χ1) is 7.99. The van der Waals surface area contributed by atoms with Crippen molar-refractivity contribution in [2.45, 2.75) is 39.5 Å². The number of aromatic nitrogens is 1. The lowest BCUT2D eigenvalue weighted by molar-refractivity contribution is 0.289. The van der Waals surface area contributed by atoms with E-state index in [-0.39, 0.29) is 12.0 Å². The maximum absolute atomic E-state index is 8.86. The van der Waals surface area contributed by atoms with Crippen LogP contribution in [0, 0.1) is 0 Å². The van der Waals surface area contributed by atoms with Gasteiger partial charge in [0, 0.05) is 25.9 Å². The van der Waals surface area contributed by atoms with Gasteiger partial charge in [-0.1, -0.05) is 26.8 Å². The molecule has 96 valence electrons. The monoisotopic (exact) mass is 236 g/mol. The SMILES string of the molecule is CCN(CCCO)c1ccc(C(C)(C)C)cn1. The second-order valence-electron chi connectivity index (χ2n) is 5.31. The van der Waals surface area contributed by atoms with Crippen molar-refractivity contribution in [1.82, 2.24) is 4.98 Å². The fourth-order valence-electron chi connectivity index (χ4n) is 1.71. The topological polar surface area (TPSA) is 36.4 Å². The molecule has 0 radical (unpaired) electrons. The van der Waals surface area contributed by atoms with Gasteiger partial charge in [-0.3, -0.25) is 0 Å². The molecule has 0 atom stereocenters. The molecule has 0 aliphatic carbocycles. The number of hydrogen-bond donors (Lipinski definition) is 1. The molecule has 0 unspecified atom stereocenters. The molecular formula is C14H24N2O. The highest BCUT2D eigenvalue weighted by Crippen LogP contribution is 2.22. The first-order valence-corrected chi connectivity index (χ1v) is 6.31.